The van der Waals surface area contributed by atoms with E-state index in [1.165, 1.54) is 24.5 Å². The number of aromatic nitrogens is 5. The van der Waals surface area contributed by atoms with Gasteiger partial charge in [0.2, 0.25) is 0 Å². The van der Waals surface area contributed by atoms with Crippen molar-refractivity contribution in [2.75, 3.05) is 4.72 Å². The topological polar surface area (TPSA) is 112 Å². The van der Waals surface area contributed by atoms with E-state index in [0.717, 1.165) is 28.7 Å². The van der Waals surface area contributed by atoms with Gasteiger partial charge in [0.15, 0.2) is 22.4 Å². The van der Waals surface area contributed by atoms with Crippen LogP contribution in [0.5, 0.6) is 11.5 Å². The van der Waals surface area contributed by atoms with Crippen molar-refractivity contribution in [2.45, 2.75) is 4.90 Å². The molecule has 0 spiro atoms. The summed E-state index contributed by atoms with van der Waals surface area (Å²) in [4.78, 5) is 12.2. The van der Waals surface area contributed by atoms with Gasteiger partial charge in [-0.15, -0.1) is 11.3 Å². The molecule has 176 valence electrons. The summed E-state index contributed by atoms with van der Waals surface area (Å²) in [7, 11) is -2.23. The van der Waals surface area contributed by atoms with E-state index in [-0.39, 0.29) is 21.5 Å². The van der Waals surface area contributed by atoms with Crippen LogP contribution in [0.1, 0.15) is 0 Å². The highest BCUT2D eigenvalue weighted by Gasteiger charge is 2.20. The van der Waals surface area contributed by atoms with Crippen LogP contribution in [0.4, 0.5) is 9.52 Å². The molecule has 1 aromatic carbocycles. The predicted octanol–water partition coefficient (Wildman–Crippen LogP) is 4.73. The second kappa shape index (κ2) is 9.24. The molecule has 4 heterocycles. The Labute approximate surface area is 204 Å². The molecule has 0 unspecified atom stereocenters. The van der Waals surface area contributed by atoms with E-state index in [1.54, 1.807) is 53.9 Å². The zero-order valence-electron chi connectivity index (χ0n) is 18.2. The number of halogens is 1. The van der Waals surface area contributed by atoms with E-state index in [9.17, 15) is 12.8 Å². The average Bonchev–Trinajstić information content (AvgIpc) is 3.52. The second-order valence-corrected chi connectivity index (χ2v) is 9.86. The molecular formula is C23H17FN6O3S2. The number of pyridine rings is 2. The van der Waals surface area contributed by atoms with Gasteiger partial charge in [-0.1, -0.05) is 0 Å². The molecule has 0 bridgehead atoms. The maximum atomic E-state index is 15.0. The van der Waals surface area contributed by atoms with E-state index in [2.05, 4.69) is 24.8 Å². The van der Waals surface area contributed by atoms with Gasteiger partial charge in [-0.2, -0.15) is 5.10 Å². The van der Waals surface area contributed by atoms with Gasteiger partial charge in [-0.05, 0) is 42.5 Å². The first-order chi connectivity index (χ1) is 16.9. The van der Waals surface area contributed by atoms with E-state index >= 15 is 0 Å². The van der Waals surface area contributed by atoms with Crippen LogP contribution in [0.25, 0.3) is 22.5 Å². The average molecular weight is 509 g/mol. The predicted molar refractivity (Wildman–Crippen MR) is 129 cm³/mol. The lowest BCUT2D eigenvalue weighted by atomic mass is 10.1. The number of sulfonamides is 1. The standard InChI is InChI=1S/C23H17FN6O3S2/c1-30-20(6-8-28-30)17-12-19(15-3-2-7-25-13-15)27-14-22(17)33-21-5-4-16(11-18(21)24)35(31,32)29-23-26-9-10-34-23/h2-14H,1H3,(H,26,29). The van der Waals surface area contributed by atoms with E-state index in [1.807, 2.05) is 6.07 Å². The number of nitrogens with one attached hydrogen (secondary N) is 1. The van der Waals surface area contributed by atoms with Crippen LogP contribution in [0.3, 0.4) is 0 Å². The van der Waals surface area contributed by atoms with Crippen molar-refractivity contribution in [1.82, 2.24) is 24.7 Å². The summed E-state index contributed by atoms with van der Waals surface area (Å²) >= 11 is 1.12. The fourth-order valence-electron chi connectivity index (χ4n) is 3.33. The van der Waals surface area contributed by atoms with Gasteiger partial charge in [0.25, 0.3) is 10.0 Å². The Balaban J connectivity index is 1.49. The minimum Gasteiger partial charge on any atom is -0.452 e. The third-order valence-corrected chi connectivity index (χ3v) is 7.16. The fourth-order valence-corrected chi connectivity index (χ4v) is 5.13. The van der Waals surface area contributed by atoms with Crippen molar-refractivity contribution in [3.8, 4) is 34.0 Å². The van der Waals surface area contributed by atoms with Gasteiger partial charge in [0.05, 0.1) is 22.5 Å². The van der Waals surface area contributed by atoms with Gasteiger partial charge < -0.3 is 4.74 Å². The molecule has 0 fully saturated rings. The number of rotatable bonds is 7. The summed E-state index contributed by atoms with van der Waals surface area (Å²) < 4.78 is 49.9. The lowest BCUT2D eigenvalue weighted by Gasteiger charge is -2.14. The summed E-state index contributed by atoms with van der Waals surface area (Å²) in [5.41, 5.74) is 2.80. The lowest BCUT2D eigenvalue weighted by Crippen LogP contribution is -2.13. The largest absolute Gasteiger partial charge is 0.452 e. The number of benzene rings is 1. The van der Waals surface area contributed by atoms with Crippen LogP contribution in [0.2, 0.25) is 0 Å². The van der Waals surface area contributed by atoms with Gasteiger partial charge in [0.1, 0.15) is 0 Å². The Kier molecular flexibility index (Phi) is 5.97. The van der Waals surface area contributed by atoms with Gasteiger partial charge in [0, 0.05) is 48.3 Å². The molecule has 4 aromatic heterocycles. The van der Waals surface area contributed by atoms with Crippen LogP contribution in [-0.2, 0) is 17.1 Å². The summed E-state index contributed by atoms with van der Waals surface area (Å²) in [5.74, 6) is -0.728. The van der Waals surface area contributed by atoms with Crippen molar-refractivity contribution < 1.29 is 17.5 Å². The van der Waals surface area contributed by atoms with Crippen molar-refractivity contribution in [3.63, 3.8) is 0 Å². The molecule has 1 N–H and O–H groups in total. The molecule has 0 radical (unpaired) electrons. The second-order valence-electron chi connectivity index (χ2n) is 7.28. The number of nitrogens with zero attached hydrogens (tertiary/aromatic N) is 5. The third-order valence-electron chi connectivity index (χ3n) is 5.01. The Morgan fingerprint density at radius 3 is 2.60 bits per heavy atom. The minimum absolute atomic E-state index is 0.155. The molecule has 5 aromatic rings. The highest BCUT2D eigenvalue weighted by Crippen LogP contribution is 2.36. The summed E-state index contributed by atoms with van der Waals surface area (Å²) in [6.45, 7) is 0. The molecule has 0 aliphatic rings. The first-order valence-electron chi connectivity index (χ1n) is 10.2. The minimum atomic E-state index is -4.01. The number of hydrogen-bond donors (Lipinski definition) is 1. The lowest BCUT2D eigenvalue weighted by molar-refractivity contribution is 0.440. The number of ether oxygens (including phenoxy) is 1. The SMILES string of the molecule is Cn1nccc1-c1cc(-c2cccnc2)ncc1Oc1ccc(S(=O)(=O)Nc2nccs2)cc1F. The van der Waals surface area contributed by atoms with Gasteiger partial charge >= 0.3 is 0 Å². The summed E-state index contributed by atoms with van der Waals surface area (Å²) in [6, 6.07) is 10.7. The van der Waals surface area contributed by atoms with E-state index in [0.29, 0.717) is 11.3 Å². The molecular weight excluding hydrogens is 491 g/mol. The van der Waals surface area contributed by atoms with Crippen molar-refractivity contribution in [2.24, 2.45) is 7.05 Å². The van der Waals surface area contributed by atoms with E-state index < -0.39 is 15.8 Å². The molecule has 12 heteroatoms. The Bertz CT molecular complexity index is 1590. The van der Waals surface area contributed by atoms with Crippen LogP contribution in [-0.4, -0.2) is 33.2 Å². The molecule has 0 saturated heterocycles. The van der Waals surface area contributed by atoms with Gasteiger partial charge in [-0.25, -0.2) is 17.8 Å². The van der Waals surface area contributed by atoms with E-state index in [4.69, 9.17) is 4.74 Å². The molecule has 5 rings (SSSR count). The normalized spacial score (nSPS) is 11.4. The Hall–Kier alpha value is -4.16. The quantitative estimate of drug-likeness (QED) is 0.338. The maximum absolute atomic E-state index is 15.0. The van der Waals surface area contributed by atoms with Crippen molar-refractivity contribution >= 4 is 26.5 Å². The smallest absolute Gasteiger partial charge is 0.263 e. The third kappa shape index (κ3) is 4.74. The zero-order chi connectivity index (χ0) is 24.4. The fraction of sp³-hybridized carbons (Fsp3) is 0.0435. The first-order valence-corrected chi connectivity index (χ1v) is 12.6. The Morgan fingerprint density at radius 2 is 1.91 bits per heavy atom. The molecule has 0 atom stereocenters. The zero-order valence-corrected chi connectivity index (χ0v) is 19.8. The highest BCUT2D eigenvalue weighted by atomic mass is 32.2. The first kappa shape index (κ1) is 22.6. The monoisotopic (exact) mass is 508 g/mol. The number of hydrogen-bond acceptors (Lipinski definition) is 8. The molecule has 0 aliphatic carbocycles. The van der Waals surface area contributed by atoms with Crippen molar-refractivity contribution in [1.29, 1.82) is 0 Å². The molecule has 0 saturated carbocycles. The molecule has 9 nitrogen and oxygen atoms in total. The van der Waals surface area contributed by atoms with Crippen LogP contribution >= 0.6 is 11.3 Å². The van der Waals surface area contributed by atoms with Crippen LogP contribution in [0, 0.1) is 5.82 Å². The van der Waals surface area contributed by atoms with Gasteiger partial charge in [-0.3, -0.25) is 19.4 Å². The number of aryl methyl sites for hydroxylation is 1. The van der Waals surface area contributed by atoms with Crippen molar-refractivity contribution in [3.05, 3.63) is 84.6 Å². The maximum Gasteiger partial charge on any atom is 0.263 e. The molecule has 35 heavy (non-hydrogen) atoms. The Morgan fingerprint density at radius 1 is 1.03 bits per heavy atom. The van der Waals surface area contributed by atoms with Crippen LogP contribution in [0.15, 0.2) is 83.7 Å². The van der Waals surface area contributed by atoms with Crippen LogP contribution < -0.4 is 9.46 Å². The summed E-state index contributed by atoms with van der Waals surface area (Å²) in [5, 5.41) is 6.02. The molecule has 0 amide bonds. The number of anilines is 1. The summed E-state index contributed by atoms with van der Waals surface area (Å²) in [6.07, 6.45) is 7.95. The molecule has 0 aliphatic heterocycles. The highest BCUT2D eigenvalue weighted by molar-refractivity contribution is 7.93. The number of thiazole rings is 1.